The van der Waals surface area contributed by atoms with Gasteiger partial charge >= 0.3 is 5.97 Å². The van der Waals surface area contributed by atoms with Crippen molar-refractivity contribution in [3.63, 3.8) is 0 Å². The van der Waals surface area contributed by atoms with E-state index in [0.717, 1.165) is 18.8 Å². The molecule has 0 rings (SSSR count). The molecule has 3 heteroatoms. The Bertz CT molecular complexity index is 231. The zero-order valence-electron chi connectivity index (χ0n) is 13.4. The molecule has 0 aromatic rings. The maximum absolute atomic E-state index is 10.6. The molecule has 0 radical (unpaired) electrons. The van der Waals surface area contributed by atoms with Crippen LogP contribution in [0.1, 0.15) is 90.9 Å². The molecule has 0 spiro atoms. The fraction of sp³-hybridized carbons (Fsp3) is 0.941. The summed E-state index contributed by atoms with van der Waals surface area (Å²) in [5.41, 5.74) is 0. The van der Waals surface area contributed by atoms with Gasteiger partial charge in [-0.15, -0.1) is 0 Å². The van der Waals surface area contributed by atoms with E-state index in [0.29, 0.717) is 0 Å². The first kappa shape index (κ1) is 19.9. The van der Waals surface area contributed by atoms with Gasteiger partial charge in [-0.1, -0.05) is 100 Å². The van der Waals surface area contributed by atoms with Crippen LogP contribution in [0.15, 0.2) is 0 Å². The molecular weight excluding hydrogens is 316 g/mol. The Balaban J connectivity index is 3.12. The average molecular weight is 349 g/mol. The van der Waals surface area contributed by atoms with Crippen LogP contribution in [0.4, 0.5) is 0 Å². The van der Waals surface area contributed by atoms with Gasteiger partial charge in [0, 0.05) is 0 Å². The smallest absolute Gasteiger partial charge is 0.317 e. The topological polar surface area (TPSA) is 37.3 Å². The van der Waals surface area contributed by atoms with Crippen LogP contribution in [-0.2, 0) is 4.79 Å². The van der Waals surface area contributed by atoms with E-state index in [1.807, 2.05) is 0 Å². The number of aliphatic carboxylic acids is 1. The fourth-order valence-corrected chi connectivity index (χ4v) is 2.71. The molecule has 0 aromatic heterocycles. The second-order valence-corrected chi connectivity index (χ2v) is 7.18. The average Bonchev–Trinajstić information content (AvgIpc) is 2.43. The lowest BCUT2D eigenvalue weighted by molar-refractivity contribution is -0.136. The van der Waals surface area contributed by atoms with Gasteiger partial charge in [0.15, 0.2) is 0 Å². The lowest BCUT2D eigenvalue weighted by Crippen LogP contribution is -2.11. The van der Waals surface area contributed by atoms with E-state index in [1.165, 1.54) is 64.2 Å². The van der Waals surface area contributed by atoms with Gasteiger partial charge in [0.1, 0.15) is 4.83 Å². The van der Waals surface area contributed by atoms with Crippen molar-refractivity contribution < 1.29 is 9.90 Å². The molecule has 0 aliphatic rings. The molecule has 20 heavy (non-hydrogen) atoms. The molecule has 0 bridgehead atoms. The highest BCUT2D eigenvalue weighted by Crippen LogP contribution is 2.16. The van der Waals surface area contributed by atoms with Crippen LogP contribution in [0.5, 0.6) is 0 Å². The van der Waals surface area contributed by atoms with Crippen molar-refractivity contribution in [2.24, 2.45) is 5.92 Å². The van der Waals surface area contributed by atoms with Gasteiger partial charge in [-0.3, -0.25) is 4.79 Å². The molecule has 0 heterocycles. The summed E-state index contributed by atoms with van der Waals surface area (Å²) in [7, 11) is 0. The van der Waals surface area contributed by atoms with Gasteiger partial charge < -0.3 is 5.11 Å². The fourth-order valence-electron chi connectivity index (χ4n) is 2.38. The minimum atomic E-state index is -0.734. The third kappa shape index (κ3) is 13.0. The first-order valence-electron chi connectivity index (χ1n) is 8.44. The molecule has 2 atom stereocenters. The van der Waals surface area contributed by atoms with E-state index >= 15 is 0 Å². The predicted octanol–water partition coefficient (Wildman–Crippen LogP) is 6.17. The maximum Gasteiger partial charge on any atom is 0.317 e. The van der Waals surface area contributed by atoms with Crippen LogP contribution < -0.4 is 0 Å². The van der Waals surface area contributed by atoms with Crippen molar-refractivity contribution in [3.8, 4) is 0 Å². The number of unbranched alkanes of at least 4 members (excludes halogenated alkanes) is 8. The molecule has 0 amide bonds. The Morgan fingerprint density at radius 1 is 0.900 bits per heavy atom. The quantitative estimate of drug-likeness (QED) is 0.301. The summed E-state index contributed by atoms with van der Waals surface area (Å²) in [5, 5.41) is 8.73. The zero-order chi connectivity index (χ0) is 15.2. The SMILES string of the molecule is CCC(C)CCCCCCCCCCCC(Br)C(=O)O. The Morgan fingerprint density at radius 3 is 1.70 bits per heavy atom. The second kappa shape index (κ2) is 13.9. The molecule has 1 N–H and O–H groups in total. The number of hydrogen-bond acceptors (Lipinski definition) is 1. The van der Waals surface area contributed by atoms with Crippen LogP contribution in [0.25, 0.3) is 0 Å². The van der Waals surface area contributed by atoms with E-state index in [-0.39, 0.29) is 4.83 Å². The monoisotopic (exact) mass is 348 g/mol. The standard InChI is InChI=1S/C17H33BrO2/c1-3-15(2)13-11-9-7-5-4-6-8-10-12-14-16(18)17(19)20/h15-16H,3-14H2,1-2H3,(H,19,20). The highest BCUT2D eigenvalue weighted by atomic mass is 79.9. The van der Waals surface area contributed by atoms with Gasteiger partial charge in [0.05, 0.1) is 0 Å². The summed E-state index contributed by atoms with van der Waals surface area (Å²) >= 11 is 3.18. The molecule has 0 aromatic carbocycles. The van der Waals surface area contributed by atoms with Gasteiger partial charge in [0.25, 0.3) is 0 Å². The number of halogens is 1. The molecule has 0 saturated carbocycles. The summed E-state index contributed by atoms with van der Waals surface area (Å²) in [6.45, 7) is 4.63. The lowest BCUT2D eigenvalue weighted by atomic mass is 9.99. The van der Waals surface area contributed by atoms with Gasteiger partial charge in [-0.05, 0) is 12.3 Å². The third-order valence-electron chi connectivity index (χ3n) is 4.12. The summed E-state index contributed by atoms with van der Waals surface area (Å²) in [6, 6.07) is 0. The maximum atomic E-state index is 10.6. The molecule has 2 nitrogen and oxygen atoms in total. The molecule has 0 fully saturated rings. The van der Waals surface area contributed by atoms with Crippen molar-refractivity contribution in [2.45, 2.75) is 95.7 Å². The Morgan fingerprint density at radius 2 is 1.30 bits per heavy atom. The van der Waals surface area contributed by atoms with Crippen LogP contribution in [0.3, 0.4) is 0 Å². The van der Waals surface area contributed by atoms with Crippen LogP contribution in [0, 0.1) is 5.92 Å². The number of rotatable bonds is 14. The first-order chi connectivity index (χ1) is 9.57. The summed E-state index contributed by atoms with van der Waals surface area (Å²) in [5.74, 6) is 0.168. The minimum absolute atomic E-state index is 0.354. The molecule has 0 saturated heterocycles. The number of alkyl halides is 1. The zero-order valence-corrected chi connectivity index (χ0v) is 15.0. The van der Waals surface area contributed by atoms with Crippen molar-refractivity contribution in [1.29, 1.82) is 0 Å². The normalized spacial score (nSPS) is 14.2. The minimum Gasteiger partial charge on any atom is -0.480 e. The predicted molar refractivity (Wildman–Crippen MR) is 90.6 cm³/mol. The van der Waals surface area contributed by atoms with E-state index < -0.39 is 5.97 Å². The molecular formula is C17H33BrO2. The first-order valence-corrected chi connectivity index (χ1v) is 9.36. The number of carboxylic acid groups (broad SMARTS) is 1. The largest absolute Gasteiger partial charge is 0.480 e. The third-order valence-corrected chi connectivity index (χ3v) is 4.97. The number of carboxylic acids is 1. The van der Waals surface area contributed by atoms with Crippen molar-refractivity contribution in [3.05, 3.63) is 0 Å². The molecule has 2 unspecified atom stereocenters. The van der Waals surface area contributed by atoms with Crippen LogP contribution in [0.2, 0.25) is 0 Å². The second-order valence-electron chi connectivity index (χ2n) is 6.08. The highest BCUT2D eigenvalue weighted by molar-refractivity contribution is 9.10. The van der Waals surface area contributed by atoms with Gasteiger partial charge in [-0.25, -0.2) is 0 Å². The number of carbonyl (C=O) groups is 1. The Hall–Kier alpha value is -0.0500. The van der Waals surface area contributed by atoms with Crippen LogP contribution in [-0.4, -0.2) is 15.9 Å². The van der Waals surface area contributed by atoms with Crippen LogP contribution >= 0.6 is 15.9 Å². The van der Waals surface area contributed by atoms with Crippen molar-refractivity contribution in [1.82, 2.24) is 0 Å². The lowest BCUT2D eigenvalue weighted by Gasteiger charge is -2.07. The summed E-state index contributed by atoms with van der Waals surface area (Å²) in [4.78, 5) is 10.3. The van der Waals surface area contributed by atoms with Gasteiger partial charge in [0.2, 0.25) is 0 Å². The van der Waals surface area contributed by atoms with Gasteiger partial charge in [-0.2, -0.15) is 0 Å². The highest BCUT2D eigenvalue weighted by Gasteiger charge is 2.11. The van der Waals surface area contributed by atoms with E-state index in [9.17, 15) is 4.79 Å². The molecule has 0 aliphatic carbocycles. The van der Waals surface area contributed by atoms with E-state index in [2.05, 4.69) is 29.8 Å². The van der Waals surface area contributed by atoms with Crippen molar-refractivity contribution in [2.75, 3.05) is 0 Å². The Labute approximate surface area is 133 Å². The molecule has 120 valence electrons. The Kier molecular flexibility index (Phi) is 13.9. The number of hydrogen-bond donors (Lipinski definition) is 1. The van der Waals surface area contributed by atoms with E-state index in [1.54, 1.807) is 0 Å². The van der Waals surface area contributed by atoms with Crippen molar-refractivity contribution >= 4 is 21.9 Å². The summed E-state index contributed by atoms with van der Waals surface area (Å²) < 4.78 is 0. The van der Waals surface area contributed by atoms with E-state index in [4.69, 9.17) is 5.11 Å². The summed E-state index contributed by atoms with van der Waals surface area (Å²) in [6.07, 6.45) is 15.1. The molecule has 0 aliphatic heterocycles.